The van der Waals surface area contributed by atoms with E-state index in [9.17, 15) is 17.4 Å². The molecule has 3 rings (SSSR count). The number of fused-ring (bicyclic) bond motifs is 1. The van der Waals surface area contributed by atoms with Crippen molar-refractivity contribution in [1.82, 2.24) is 24.7 Å². The summed E-state index contributed by atoms with van der Waals surface area (Å²) in [5.74, 6) is 0.143. The van der Waals surface area contributed by atoms with Crippen LogP contribution in [0, 0.1) is 16.1 Å². The average molecular weight is 453 g/mol. The third-order valence-corrected chi connectivity index (χ3v) is 6.19. The number of aryl methyl sites for hydroxylation is 1. The quantitative estimate of drug-likeness (QED) is 0.625. The summed E-state index contributed by atoms with van der Waals surface area (Å²) >= 11 is 0. The Balaban J connectivity index is 2.23. The molecule has 13 heteroatoms. The molecule has 9 nitrogen and oxygen atoms in total. The maximum Gasteiger partial charge on any atom is 0.435 e. The highest BCUT2D eigenvalue weighted by Gasteiger charge is 2.34. The van der Waals surface area contributed by atoms with Crippen LogP contribution in [0.3, 0.4) is 0 Å². The van der Waals surface area contributed by atoms with Gasteiger partial charge < -0.3 is 9.30 Å². The topological polar surface area (TPSA) is 130 Å². The Morgan fingerprint density at radius 3 is 2.55 bits per heavy atom. The van der Waals surface area contributed by atoms with Crippen molar-refractivity contribution in [2.24, 2.45) is 7.05 Å². The summed E-state index contributed by atoms with van der Waals surface area (Å²) in [5, 5.41) is 16.0. The smallest absolute Gasteiger partial charge is 0.435 e. The normalized spacial score (nSPS) is 14.3. The summed E-state index contributed by atoms with van der Waals surface area (Å²) in [5.41, 5.74) is -2.37. The van der Waals surface area contributed by atoms with Gasteiger partial charge in [-0.05, 0) is 13.8 Å². The SMILES string of the molecule is CCS(=N)(=O)c1cc(OC(C)(C)C#N)cnc1-c1nc2cc(C(F)(F)F)nnc2n1C. The molecule has 0 aromatic carbocycles. The molecule has 1 unspecified atom stereocenters. The molecule has 3 aromatic heterocycles. The molecule has 0 radical (unpaired) electrons. The highest BCUT2D eigenvalue weighted by molar-refractivity contribution is 7.92. The fourth-order valence-corrected chi connectivity index (χ4v) is 3.78. The van der Waals surface area contributed by atoms with E-state index in [1.54, 1.807) is 6.92 Å². The highest BCUT2D eigenvalue weighted by Crippen LogP contribution is 2.33. The van der Waals surface area contributed by atoms with Gasteiger partial charge in [0.15, 0.2) is 22.8 Å². The Morgan fingerprint density at radius 1 is 1.29 bits per heavy atom. The lowest BCUT2D eigenvalue weighted by Crippen LogP contribution is -2.25. The molecule has 0 bridgehead atoms. The third kappa shape index (κ3) is 4.29. The number of nitriles is 1. The molecule has 0 spiro atoms. The molecule has 0 saturated heterocycles. The van der Waals surface area contributed by atoms with E-state index in [2.05, 4.69) is 20.2 Å². The fourth-order valence-electron chi connectivity index (χ4n) is 2.71. The van der Waals surface area contributed by atoms with E-state index in [-0.39, 0.29) is 39.1 Å². The lowest BCUT2D eigenvalue weighted by molar-refractivity contribution is -0.141. The Hall–Kier alpha value is -3.27. The van der Waals surface area contributed by atoms with Crippen molar-refractivity contribution >= 4 is 20.9 Å². The van der Waals surface area contributed by atoms with Crippen LogP contribution in [0.25, 0.3) is 22.7 Å². The Bertz CT molecular complexity index is 1310. The van der Waals surface area contributed by atoms with E-state index < -0.39 is 27.2 Å². The number of aromatic nitrogens is 5. The number of halogens is 3. The van der Waals surface area contributed by atoms with Crippen molar-refractivity contribution < 1.29 is 22.1 Å². The number of nitrogens with one attached hydrogen (secondary N) is 1. The zero-order chi connectivity index (χ0) is 23.2. The molecule has 1 atom stereocenters. The number of ether oxygens (including phenoxy) is 1. The summed E-state index contributed by atoms with van der Waals surface area (Å²) in [4.78, 5) is 8.39. The monoisotopic (exact) mass is 453 g/mol. The Morgan fingerprint density at radius 2 is 1.97 bits per heavy atom. The summed E-state index contributed by atoms with van der Waals surface area (Å²) < 4.78 is 67.0. The first-order valence-corrected chi connectivity index (χ1v) is 10.7. The maximum absolute atomic E-state index is 13.0. The van der Waals surface area contributed by atoms with Gasteiger partial charge in [-0.25, -0.2) is 19.0 Å². The van der Waals surface area contributed by atoms with Gasteiger partial charge in [0.1, 0.15) is 23.0 Å². The minimum absolute atomic E-state index is 0.0105. The molecule has 0 aliphatic rings. The molecule has 164 valence electrons. The van der Waals surface area contributed by atoms with E-state index in [0.717, 1.165) is 6.07 Å². The molecule has 0 aliphatic carbocycles. The summed E-state index contributed by atoms with van der Waals surface area (Å²) in [7, 11) is -1.84. The van der Waals surface area contributed by atoms with Gasteiger partial charge in [0, 0.05) is 24.9 Å². The minimum Gasteiger partial charge on any atom is -0.471 e. The van der Waals surface area contributed by atoms with E-state index in [1.165, 1.54) is 37.7 Å². The molecule has 31 heavy (non-hydrogen) atoms. The van der Waals surface area contributed by atoms with Gasteiger partial charge in [0.25, 0.3) is 0 Å². The molecule has 0 amide bonds. The number of rotatable bonds is 5. The molecular weight excluding hydrogens is 435 g/mol. The van der Waals surface area contributed by atoms with Crippen molar-refractivity contribution in [2.45, 2.75) is 37.4 Å². The van der Waals surface area contributed by atoms with Gasteiger partial charge in [0.2, 0.25) is 0 Å². The predicted octanol–water partition coefficient (Wildman–Crippen LogP) is 3.55. The van der Waals surface area contributed by atoms with Crippen LogP contribution < -0.4 is 4.74 Å². The minimum atomic E-state index is -4.69. The summed E-state index contributed by atoms with van der Waals surface area (Å²) in [6.45, 7) is 4.61. The zero-order valence-electron chi connectivity index (χ0n) is 17.0. The van der Waals surface area contributed by atoms with Gasteiger partial charge in [-0.3, -0.25) is 0 Å². The lowest BCUT2D eigenvalue weighted by atomic mass is 10.2. The van der Waals surface area contributed by atoms with Crippen LogP contribution in [0.2, 0.25) is 0 Å². The van der Waals surface area contributed by atoms with Crippen LogP contribution in [0.5, 0.6) is 5.75 Å². The average Bonchev–Trinajstić information content (AvgIpc) is 3.03. The second-order valence-corrected chi connectivity index (χ2v) is 9.50. The maximum atomic E-state index is 13.0. The molecular formula is C18H18F3N7O2S. The van der Waals surface area contributed by atoms with Gasteiger partial charge in [0.05, 0.1) is 20.8 Å². The molecule has 0 aliphatic heterocycles. The summed E-state index contributed by atoms with van der Waals surface area (Å²) in [6.07, 6.45) is -3.41. The molecule has 1 N–H and O–H groups in total. The largest absolute Gasteiger partial charge is 0.471 e. The zero-order valence-corrected chi connectivity index (χ0v) is 17.8. The van der Waals surface area contributed by atoms with Crippen LogP contribution >= 0.6 is 0 Å². The second-order valence-electron chi connectivity index (χ2n) is 7.14. The van der Waals surface area contributed by atoms with E-state index in [4.69, 9.17) is 14.8 Å². The third-order valence-electron chi connectivity index (χ3n) is 4.35. The number of nitrogens with zero attached hydrogens (tertiary/aromatic N) is 6. The van der Waals surface area contributed by atoms with E-state index in [0.29, 0.717) is 0 Å². The predicted molar refractivity (Wildman–Crippen MR) is 105 cm³/mol. The van der Waals surface area contributed by atoms with Gasteiger partial charge in [-0.1, -0.05) is 6.92 Å². The Kier molecular flexibility index (Phi) is 5.39. The number of hydrogen-bond acceptors (Lipinski definition) is 8. The first-order valence-electron chi connectivity index (χ1n) is 8.93. The first-order chi connectivity index (χ1) is 14.3. The van der Waals surface area contributed by atoms with Crippen molar-refractivity contribution in [2.75, 3.05) is 5.75 Å². The van der Waals surface area contributed by atoms with Crippen LogP contribution in [0.4, 0.5) is 13.2 Å². The molecule has 0 fully saturated rings. The molecule has 0 saturated carbocycles. The number of imidazole rings is 1. The van der Waals surface area contributed by atoms with Crippen LogP contribution in [0.15, 0.2) is 23.2 Å². The van der Waals surface area contributed by atoms with E-state index in [1.807, 2.05) is 6.07 Å². The molecule has 3 aromatic rings. The van der Waals surface area contributed by atoms with Gasteiger partial charge in [-0.15, -0.1) is 10.2 Å². The summed E-state index contributed by atoms with van der Waals surface area (Å²) in [6, 6.07) is 4.06. The lowest BCUT2D eigenvalue weighted by Gasteiger charge is -2.19. The van der Waals surface area contributed by atoms with Crippen molar-refractivity contribution in [1.29, 1.82) is 10.0 Å². The van der Waals surface area contributed by atoms with Crippen LogP contribution in [-0.4, -0.2) is 40.3 Å². The number of alkyl halides is 3. The van der Waals surface area contributed by atoms with Crippen molar-refractivity contribution in [3.05, 3.63) is 24.0 Å². The van der Waals surface area contributed by atoms with Crippen molar-refractivity contribution in [3.8, 4) is 23.3 Å². The number of hydrogen-bond donors (Lipinski definition) is 1. The van der Waals surface area contributed by atoms with Gasteiger partial charge >= 0.3 is 6.18 Å². The number of pyridine rings is 1. The second kappa shape index (κ2) is 7.45. The molecule has 3 heterocycles. The van der Waals surface area contributed by atoms with Crippen LogP contribution in [-0.2, 0) is 23.0 Å². The van der Waals surface area contributed by atoms with E-state index >= 15 is 0 Å². The van der Waals surface area contributed by atoms with Gasteiger partial charge in [-0.2, -0.15) is 18.4 Å². The van der Waals surface area contributed by atoms with Crippen LogP contribution in [0.1, 0.15) is 26.5 Å². The Labute approximate surface area is 175 Å². The highest BCUT2D eigenvalue weighted by atomic mass is 32.2. The van der Waals surface area contributed by atoms with Crippen molar-refractivity contribution in [3.63, 3.8) is 0 Å². The fraction of sp³-hybridized carbons (Fsp3) is 0.389. The standard InChI is InChI=1S/C18H18F3N7O2S/c1-5-31(23,29)12-6-10(30-17(2,3)9-22)8-24-14(12)16-25-11-7-13(18(19,20)21)26-27-15(11)28(16)4/h6-8,23H,5H2,1-4H3. The first kappa shape index (κ1) is 22.4.